The number of nitrogens with one attached hydrogen (secondary N) is 1. The molecule has 0 radical (unpaired) electrons. The van der Waals surface area contributed by atoms with Crippen LogP contribution in [0.5, 0.6) is 5.75 Å². The van der Waals surface area contributed by atoms with Crippen LogP contribution < -0.4 is 10.1 Å². The number of aryl methyl sites for hydroxylation is 2. The minimum Gasteiger partial charge on any atom is -0.484 e. The maximum absolute atomic E-state index is 12.1. The highest BCUT2D eigenvalue weighted by molar-refractivity contribution is 5.79. The third-order valence-electron chi connectivity index (χ3n) is 3.61. The van der Waals surface area contributed by atoms with E-state index in [1.165, 1.54) is 0 Å². The first-order valence-corrected chi connectivity index (χ1v) is 7.72. The Kier molecular flexibility index (Phi) is 5.95. The fourth-order valence-corrected chi connectivity index (χ4v) is 2.45. The molecule has 2 aromatic rings. The van der Waals surface area contributed by atoms with E-state index in [0.717, 1.165) is 16.7 Å². The summed E-state index contributed by atoms with van der Waals surface area (Å²) in [5.41, 5.74) is 2.82. The molecule has 0 bridgehead atoms. The van der Waals surface area contributed by atoms with Crippen LogP contribution in [0.3, 0.4) is 0 Å². The highest BCUT2D eigenvalue weighted by atomic mass is 16.5. The molecule has 1 unspecified atom stereocenters. The van der Waals surface area contributed by atoms with Crippen LogP contribution in [0.25, 0.3) is 0 Å². The second-order valence-corrected chi connectivity index (χ2v) is 5.69. The smallest absolute Gasteiger partial charge is 0.305 e. The van der Waals surface area contributed by atoms with E-state index in [9.17, 15) is 9.59 Å². The van der Waals surface area contributed by atoms with Gasteiger partial charge in [0.25, 0.3) is 5.91 Å². The average molecular weight is 327 g/mol. The van der Waals surface area contributed by atoms with Crippen molar-refractivity contribution in [2.45, 2.75) is 26.3 Å². The molecular weight excluding hydrogens is 306 g/mol. The molecule has 0 heterocycles. The summed E-state index contributed by atoms with van der Waals surface area (Å²) in [6.45, 7) is 3.74. The Hall–Kier alpha value is -2.82. The van der Waals surface area contributed by atoms with E-state index in [0.29, 0.717) is 5.75 Å². The zero-order valence-electron chi connectivity index (χ0n) is 13.8. The van der Waals surface area contributed by atoms with Crippen LogP contribution in [-0.2, 0) is 9.59 Å². The van der Waals surface area contributed by atoms with Crippen molar-refractivity contribution in [3.8, 4) is 5.75 Å². The van der Waals surface area contributed by atoms with Gasteiger partial charge >= 0.3 is 5.97 Å². The SMILES string of the molecule is Cc1ccc(OCC(=O)NC(CC(=O)O)c2ccccc2)c(C)c1. The molecule has 5 nitrogen and oxygen atoms in total. The fourth-order valence-electron chi connectivity index (χ4n) is 2.45. The van der Waals surface area contributed by atoms with Crippen LogP contribution >= 0.6 is 0 Å². The molecule has 1 atom stereocenters. The highest BCUT2D eigenvalue weighted by Gasteiger charge is 2.18. The Bertz CT molecular complexity index is 713. The summed E-state index contributed by atoms with van der Waals surface area (Å²) in [5.74, 6) is -0.685. The number of aliphatic carboxylic acids is 1. The Labute approximate surface area is 141 Å². The predicted molar refractivity (Wildman–Crippen MR) is 91.0 cm³/mol. The van der Waals surface area contributed by atoms with Gasteiger partial charge in [-0.1, -0.05) is 48.0 Å². The summed E-state index contributed by atoms with van der Waals surface area (Å²) in [4.78, 5) is 23.2. The molecule has 2 rings (SSSR count). The van der Waals surface area contributed by atoms with Crippen molar-refractivity contribution in [1.82, 2.24) is 5.32 Å². The van der Waals surface area contributed by atoms with Gasteiger partial charge in [0.2, 0.25) is 0 Å². The maximum Gasteiger partial charge on any atom is 0.305 e. The van der Waals surface area contributed by atoms with E-state index in [-0.39, 0.29) is 18.9 Å². The van der Waals surface area contributed by atoms with Crippen LogP contribution in [-0.4, -0.2) is 23.6 Å². The summed E-state index contributed by atoms with van der Waals surface area (Å²) >= 11 is 0. The number of rotatable bonds is 7. The first kappa shape index (κ1) is 17.5. The molecule has 0 saturated carbocycles. The summed E-state index contributed by atoms with van der Waals surface area (Å²) < 4.78 is 5.54. The average Bonchev–Trinajstić information content (AvgIpc) is 2.54. The van der Waals surface area contributed by atoms with Gasteiger partial charge in [0.1, 0.15) is 5.75 Å². The van der Waals surface area contributed by atoms with Crippen molar-refractivity contribution in [3.63, 3.8) is 0 Å². The zero-order chi connectivity index (χ0) is 17.5. The van der Waals surface area contributed by atoms with Gasteiger partial charge in [-0.15, -0.1) is 0 Å². The second kappa shape index (κ2) is 8.15. The molecule has 0 spiro atoms. The van der Waals surface area contributed by atoms with Gasteiger partial charge in [-0.25, -0.2) is 0 Å². The molecule has 0 aliphatic carbocycles. The summed E-state index contributed by atoms with van der Waals surface area (Å²) in [5, 5.41) is 11.8. The van der Waals surface area contributed by atoms with Crippen LogP contribution in [0.2, 0.25) is 0 Å². The number of carboxylic acids is 1. The molecule has 0 aliphatic rings. The van der Waals surface area contributed by atoms with E-state index in [1.54, 1.807) is 12.1 Å². The van der Waals surface area contributed by atoms with Gasteiger partial charge in [0.05, 0.1) is 12.5 Å². The first-order valence-electron chi connectivity index (χ1n) is 7.72. The molecular formula is C19H21NO4. The number of carbonyl (C=O) groups is 2. The van der Waals surface area contributed by atoms with Gasteiger partial charge in [0.15, 0.2) is 6.61 Å². The zero-order valence-corrected chi connectivity index (χ0v) is 13.8. The lowest BCUT2D eigenvalue weighted by molar-refractivity contribution is -0.137. The van der Waals surface area contributed by atoms with Crippen molar-refractivity contribution in [2.75, 3.05) is 6.61 Å². The number of hydrogen-bond donors (Lipinski definition) is 2. The first-order chi connectivity index (χ1) is 11.5. The lowest BCUT2D eigenvalue weighted by Gasteiger charge is -2.18. The Balaban J connectivity index is 1.98. The van der Waals surface area contributed by atoms with Crippen LogP contribution in [0.4, 0.5) is 0 Å². The van der Waals surface area contributed by atoms with Crippen molar-refractivity contribution in [3.05, 3.63) is 65.2 Å². The van der Waals surface area contributed by atoms with E-state index in [4.69, 9.17) is 9.84 Å². The largest absolute Gasteiger partial charge is 0.484 e. The maximum atomic E-state index is 12.1. The Morgan fingerprint density at radius 2 is 1.83 bits per heavy atom. The minimum atomic E-state index is -0.973. The van der Waals surface area contributed by atoms with Crippen molar-refractivity contribution in [1.29, 1.82) is 0 Å². The number of hydrogen-bond acceptors (Lipinski definition) is 3. The lowest BCUT2D eigenvalue weighted by Crippen LogP contribution is -2.33. The normalized spacial score (nSPS) is 11.6. The molecule has 1 amide bonds. The van der Waals surface area contributed by atoms with Crippen molar-refractivity contribution < 1.29 is 19.4 Å². The molecule has 2 N–H and O–H groups in total. The number of amides is 1. The molecule has 2 aromatic carbocycles. The van der Waals surface area contributed by atoms with Crippen molar-refractivity contribution in [2.24, 2.45) is 0 Å². The van der Waals surface area contributed by atoms with Gasteiger partial charge in [-0.05, 0) is 31.0 Å². The quantitative estimate of drug-likeness (QED) is 0.819. The van der Waals surface area contributed by atoms with Crippen molar-refractivity contribution >= 4 is 11.9 Å². The molecule has 126 valence electrons. The van der Waals surface area contributed by atoms with E-state index < -0.39 is 12.0 Å². The fraction of sp³-hybridized carbons (Fsp3) is 0.263. The van der Waals surface area contributed by atoms with Crippen LogP contribution in [0, 0.1) is 13.8 Å². The van der Waals surface area contributed by atoms with E-state index in [2.05, 4.69) is 5.32 Å². The van der Waals surface area contributed by atoms with Gasteiger partial charge in [-0.2, -0.15) is 0 Å². The van der Waals surface area contributed by atoms with Crippen LogP contribution in [0.1, 0.15) is 29.2 Å². The molecule has 0 fully saturated rings. The monoisotopic (exact) mass is 327 g/mol. The predicted octanol–water partition coefficient (Wildman–Crippen LogP) is 3.01. The Morgan fingerprint density at radius 1 is 1.12 bits per heavy atom. The molecule has 5 heteroatoms. The third kappa shape index (κ3) is 5.12. The third-order valence-corrected chi connectivity index (χ3v) is 3.61. The highest BCUT2D eigenvalue weighted by Crippen LogP contribution is 2.19. The molecule has 24 heavy (non-hydrogen) atoms. The summed E-state index contributed by atoms with van der Waals surface area (Å²) in [6, 6.07) is 14.2. The number of carboxylic acid groups (broad SMARTS) is 1. The second-order valence-electron chi connectivity index (χ2n) is 5.69. The van der Waals surface area contributed by atoms with Gasteiger partial charge in [0, 0.05) is 0 Å². The molecule has 0 saturated heterocycles. The van der Waals surface area contributed by atoms with E-state index >= 15 is 0 Å². The summed E-state index contributed by atoms with van der Waals surface area (Å²) in [7, 11) is 0. The number of ether oxygens (including phenoxy) is 1. The topological polar surface area (TPSA) is 75.6 Å². The minimum absolute atomic E-state index is 0.160. The lowest BCUT2D eigenvalue weighted by atomic mass is 10.0. The standard InChI is InChI=1S/C19H21NO4/c1-13-8-9-17(14(2)10-13)24-12-18(21)20-16(11-19(22)23)15-6-4-3-5-7-15/h3-10,16H,11-12H2,1-2H3,(H,20,21)(H,22,23). The van der Waals surface area contributed by atoms with Gasteiger partial charge < -0.3 is 15.2 Å². The molecule has 0 aromatic heterocycles. The summed E-state index contributed by atoms with van der Waals surface area (Å²) in [6.07, 6.45) is -0.181. The number of carbonyl (C=O) groups excluding carboxylic acids is 1. The van der Waals surface area contributed by atoms with Gasteiger partial charge in [-0.3, -0.25) is 9.59 Å². The van der Waals surface area contributed by atoms with E-state index in [1.807, 2.05) is 50.2 Å². The Morgan fingerprint density at radius 3 is 2.46 bits per heavy atom. The van der Waals surface area contributed by atoms with Crippen LogP contribution in [0.15, 0.2) is 48.5 Å². The molecule has 0 aliphatic heterocycles. The number of benzene rings is 2.